The zero-order chi connectivity index (χ0) is 55.6. The number of benzene rings is 11. The SMILES string of the molecule is [C-]#[N+]c1cc(C#N)cc(-c2ccc3c(c2)c2cc(-c4cc(C#N)cc([N+]#[C-])c4)ccc2n3-c2ccc(-c3cccc([Si](c4ccccc4)(c4ccccc4)c4ccccc4)c3)cc2-c2nc(-c3ccccc3)nc(-c3ccccc3)n2)c1. The van der Waals surface area contributed by atoms with Crippen molar-refractivity contribution in [2.75, 3.05) is 0 Å². The number of hydrogen-bond donors (Lipinski definition) is 0. The molecule has 0 aliphatic heterocycles. The van der Waals surface area contributed by atoms with Crippen molar-refractivity contribution < 1.29 is 0 Å². The van der Waals surface area contributed by atoms with Gasteiger partial charge in [0.1, 0.15) is 0 Å². The van der Waals surface area contributed by atoms with E-state index in [2.05, 4.69) is 184 Å². The Morgan fingerprint density at radius 3 is 1.18 bits per heavy atom. The van der Waals surface area contributed by atoms with Crippen molar-refractivity contribution >= 4 is 62.0 Å². The highest BCUT2D eigenvalue weighted by molar-refractivity contribution is 7.19. The number of rotatable bonds is 11. The fourth-order valence-corrected chi connectivity index (χ4v) is 16.3. The molecule has 11 aromatic carbocycles. The van der Waals surface area contributed by atoms with Gasteiger partial charge in [0, 0.05) is 38.6 Å². The molecule has 0 fully saturated rings. The molecule has 0 bridgehead atoms. The Hall–Kier alpha value is -11.6. The van der Waals surface area contributed by atoms with E-state index in [9.17, 15) is 10.5 Å². The average Bonchev–Trinajstić information content (AvgIpc) is 3.79. The summed E-state index contributed by atoms with van der Waals surface area (Å²) < 4.78 is 2.26. The van der Waals surface area contributed by atoms with E-state index in [1.165, 1.54) is 20.7 Å². The quantitative estimate of drug-likeness (QED) is 0.0730. The molecule has 0 aliphatic rings. The molecule has 0 spiro atoms. The Labute approximate surface area is 475 Å². The second kappa shape index (κ2) is 21.3. The predicted molar refractivity (Wildman–Crippen MR) is 332 cm³/mol. The summed E-state index contributed by atoms with van der Waals surface area (Å²) in [5, 5.41) is 27.0. The second-order valence-corrected chi connectivity index (χ2v) is 23.8. The lowest BCUT2D eigenvalue weighted by Gasteiger charge is -2.34. The highest BCUT2D eigenvalue weighted by Crippen LogP contribution is 2.42. The highest BCUT2D eigenvalue weighted by Gasteiger charge is 2.41. The fourth-order valence-electron chi connectivity index (χ4n) is 11.5. The van der Waals surface area contributed by atoms with Crippen LogP contribution in [0.4, 0.5) is 11.4 Å². The van der Waals surface area contributed by atoms with Crippen molar-refractivity contribution in [1.82, 2.24) is 19.5 Å². The topological polar surface area (TPSA) is 99.9 Å². The van der Waals surface area contributed by atoms with Crippen LogP contribution in [0.2, 0.25) is 0 Å². The van der Waals surface area contributed by atoms with Gasteiger partial charge < -0.3 is 4.57 Å². The Morgan fingerprint density at radius 1 is 0.341 bits per heavy atom. The number of aromatic nitrogens is 4. The zero-order valence-corrected chi connectivity index (χ0v) is 45.0. The summed E-state index contributed by atoms with van der Waals surface area (Å²) >= 11 is 0. The zero-order valence-electron chi connectivity index (χ0n) is 44.0. The molecule has 0 amide bonds. The van der Waals surface area contributed by atoms with Gasteiger partial charge in [0.15, 0.2) is 36.9 Å². The van der Waals surface area contributed by atoms with Crippen molar-refractivity contribution in [3.63, 3.8) is 0 Å². The van der Waals surface area contributed by atoms with Crippen LogP contribution < -0.4 is 20.7 Å². The summed E-state index contributed by atoms with van der Waals surface area (Å²) in [5.74, 6) is 1.53. The Bertz CT molecular complexity index is 4430. The minimum absolute atomic E-state index is 0.373. The lowest BCUT2D eigenvalue weighted by atomic mass is 9.98. The first-order valence-electron chi connectivity index (χ1n) is 26.7. The number of nitrogens with zero attached hydrogens (tertiary/aromatic N) is 8. The van der Waals surface area contributed by atoms with Gasteiger partial charge in [-0.1, -0.05) is 194 Å². The van der Waals surface area contributed by atoms with Crippen molar-refractivity contribution in [2.45, 2.75) is 0 Å². The highest BCUT2D eigenvalue weighted by atomic mass is 28.3. The summed E-state index contributed by atoms with van der Waals surface area (Å²) in [7, 11) is -2.93. The Morgan fingerprint density at radius 2 is 0.732 bits per heavy atom. The van der Waals surface area contributed by atoms with Crippen LogP contribution in [0, 0.1) is 35.8 Å². The first kappa shape index (κ1) is 49.9. The minimum atomic E-state index is -2.93. The van der Waals surface area contributed by atoms with Crippen molar-refractivity contribution in [2.24, 2.45) is 0 Å². The number of nitriles is 2. The first-order valence-corrected chi connectivity index (χ1v) is 28.7. The van der Waals surface area contributed by atoms with Crippen molar-refractivity contribution in [3.8, 4) is 85.4 Å². The lowest BCUT2D eigenvalue weighted by molar-refractivity contribution is 1.06. The van der Waals surface area contributed by atoms with Gasteiger partial charge in [-0.25, -0.2) is 24.6 Å². The van der Waals surface area contributed by atoms with E-state index in [0.717, 1.165) is 77.6 Å². The van der Waals surface area contributed by atoms with Crippen LogP contribution in [0.3, 0.4) is 0 Å². The van der Waals surface area contributed by atoms with E-state index in [0.29, 0.717) is 40.0 Å². The third-order valence-electron chi connectivity index (χ3n) is 15.2. The van der Waals surface area contributed by atoms with Gasteiger partial charge in [-0.05, 0) is 127 Å². The fraction of sp³-hybridized carbons (Fsp3) is 0. The normalized spacial score (nSPS) is 11.1. The van der Waals surface area contributed by atoms with Crippen LogP contribution in [0.25, 0.3) is 105 Å². The maximum Gasteiger partial charge on any atom is 0.189 e. The van der Waals surface area contributed by atoms with Crippen LogP contribution in [-0.2, 0) is 0 Å². The summed E-state index contributed by atoms with van der Waals surface area (Å²) in [6.45, 7) is 15.7. The lowest BCUT2D eigenvalue weighted by Crippen LogP contribution is -2.74. The molecular formula is C73H44N8Si. The molecule has 0 saturated heterocycles. The van der Waals surface area contributed by atoms with Gasteiger partial charge in [0.25, 0.3) is 0 Å². The van der Waals surface area contributed by atoms with Crippen molar-refractivity contribution in [3.05, 3.63) is 301 Å². The Kier molecular flexibility index (Phi) is 13.0. The largest absolute Gasteiger partial charge is 0.308 e. The van der Waals surface area contributed by atoms with E-state index in [4.69, 9.17) is 28.1 Å². The number of hydrogen-bond acceptors (Lipinski definition) is 5. The van der Waals surface area contributed by atoms with Crippen LogP contribution in [-0.4, -0.2) is 27.6 Å². The van der Waals surface area contributed by atoms with Crippen LogP contribution in [0.5, 0.6) is 0 Å². The molecule has 0 radical (unpaired) electrons. The van der Waals surface area contributed by atoms with Gasteiger partial charge >= 0.3 is 0 Å². The Balaban J connectivity index is 1.10. The van der Waals surface area contributed by atoms with Crippen LogP contribution in [0.1, 0.15) is 11.1 Å². The second-order valence-electron chi connectivity index (χ2n) is 20.0. The molecule has 0 saturated carbocycles. The van der Waals surface area contributed by atoms with Crippen LogP contribution >= 0.6 is 0 Å². The molecular weight excluding hydrogens is 1020 g/mol. The molecule has 2 heterocycles. The molecule has 13 rings (SSSR count). The van der Waals surface area contributed by atoms with Crippen LogP contribution in [0.15, 0.2) is 267 Å². The van der Waals surface area contributed by atoms with Gasteiger partial charge in [-0.2, -0.15) is 10.5 Å². The molecule has 82 heavy (non-hydrogen) atoms. The summed E-state index contributed by atoms with van der Waals surface area (Å²) in [6, 6.07) is 95.8. The van der Waals surface area contributed by atoms with E-state index >= 15 is 0 Å². The van der Waals surface area contributed by atoms with E-state index in [1.807, 2.05) is 97.1 Å². The molecule has 2 aromatic heterocycles. The third-order valence-corrected chi connectivity index (χ3v) is 20.0. The standard InChI is InChI=1S/C73H44N8Si/c1-76-59-39-49(47-74)37-57(41-59)55-32-34-68-65(44-55)66-45-56(58-38-50(48-75)40-60(42-58)77-2)33-35-69(66)81(68)70-36-31-54(46-67(70)73-79-71(51-19-8-3-9-20-51)78-72(80-73)52-21-10-4-11-22-52)53-23-18-30-64(43-53)82(61-24-12-5-13-25-61,62-26-14-6-15-27-62)63-28-16-7-17-29-63/h3-46H. The monoisotopic (exact) mass is 1060 g/mol. The first-order chi connectivity index (χ1) is 40.4. The number of fused-ring (bicyclic) bond motifs is 3. The smallest absolute Gasteiger partial charge is 0.189 e. The van der Waals surface area contributed by atoms with Gasteiger partial charge in [-0.15, -0.1) is 0 Å². The molecule has 380 valence electrons. The van der Waals surface area contributed by atoms with E-state index < -0.39 is 8.07 Å². The van der Waals surface area contributed by atoms with Gasteiger partial charge in [0.2, 0.25) is 0 Å². The van der Waals surface area contributed by atoms with Gasteiger partial charge in [0.05, 0.1) is 42.0 Å². The van der Waals surface area contributed by atoms with Gasteiger partial charge in [-0.3, -0.25) is 0 Å². The molecule has 0 N–H and O–H groups in total. The molecule has 0 unspecified atom stereocenters. The van der Waals surface area contributed by atoms with Crippen molar-refractivity contribution in [1.29, 1.82) is 10.5 Å². The molecule has 0 atom stereocenters. The molecule has 0 aliphatic carbocycles. The predicted octanol–water partition coefficient (Wildman–Crippen LogP) is 15.2. The minimum Gasteiger partial charge on any atom is -0.308 e. The maximum absolute atomic E-state index is 10.0. The maximum atomic E-state index is 10.0. The molecule has 13 aromatic rings. The summed E-state index contributed by atoms with van der Waals surface area (Å²) in [5.41, 5.74) is 11.7. The van der Waals surface area contributed by atoms with E-state index in [1.54, 1.807) is 12.1 Å². The van der Waals surface area contributed by atoms with E-state index in [-0.39, 0.29) is 0 Å². The average molecular weight is 1060 g/mol. The summed E-state index contributed by atoms with van der Waals surface area (Å²) in [4.78, 5) is 23.3. The molecule has 9 heteroatoms. The molecule has 8 nitrogen and oxygen atoms in total. The third kappa shape index (κ3) is 9.04. The summed E-state index contributed by atoms with van der Waals surface area (Å²) in [6.07, 6.45) is 0.